The van der Waals surface area contributed by atoms with Gasteiger partial charge in [0, 0.05) is 13.0 Å². The summed E-state index contributed by atoms with van der Waals surface area (Å²) in [5.74, 6) is -0.799. The number of nitrogens with one attached hydrogen (secondary N) is 2. The SMILES string of the molecule is Cc1ncsc1-c1ccc(C(C)NC(=O)[C@@H]2C[C@@H](O)CN2C(=O)[C@@H](NC(=O)OCc2ccccc2)C(C)(C)C)cc1. The number of carbonyl (C=O) groups is 3. The molecular formula is C31H38N4O5S. The summed E-state index contributed by atoms with van der Waals surface area (Å²) < 4.78 is 5.35. The fraction of sp³-hybridized carbons (Fsp3) is 0.419. The van der Waals surface area contributed by atoms with E-state index < -0.39 is 35.6 Å². The number of nitrogens with zero attached hydrogens (tertiary/aromatic N) is 2. The zero-order chi connectivity index (χ0) is 29.7. The van der Waals surface area contributed by atoms with Gasteiger partial charge in [0.2, 0.25) is 11.8 Å². The number of amides is 3. The number of aliphatic hydroxyl groups excluding tert-OH is 1. The molecule has 218 valence electrons. The summed E-state index contributed by atoms with van der Waals surface area (Å²) in [6.07, 6.45) is -1.46. The Kier molecular flexibility index (Phi) is 9.45. The lowest BCUT2D eigenvalue weighted by Crippen LogP contribution is -2.57. The van der Waals surface area contributed by atoms with Crippen LogP contribution in [0.4, 0.5) is 4.79 Å². The Bertz CT molecular complexity index is 1350. The quantitative estimate of drug-likeness (QED) is 0.359. The summed E-state index contributed by atoms with van der Waals surface area (Å²) >= 11 is 1.58. The Labute approximate surface area is 244 Å². The first kappa shape index (κ1) is 30.2. The number of ether oxygens (including phenoxy) is 1. The molecule has 0 aliphatic carbocycles. The van der Waals surface area contributed by atoms with Gasteiger partial charge in [0.05, 0.1) is 28.2 Å². The molecule has 1 unspecified atom stereocenters. The summed E-state index contributed by atoms with van der Waals surface area (Å²) in [6.45, 7) is 9.40. The van der Waals surface area contributed by atoms with Crippen molar-refractivity contribution in [2.75, 3.05) is 6.54 Å². The van der Waals surface area contributed by atoms with Gasteiger partial charge in [-0.25, -0.2) is 9.78 Å². The van der Waals surface area contributed by atoms with Crippen LogP contribution in [0, 0.1) is 12.3 Å². The van der Waals surface area contributed by atoms with Crippen LogP contribution in [0.5, 0.6) is 0 Å². The molecule has 4 atom stereocenters. The number of likely N-dealkylation sites (tertiary alicyclic amines) is 1. The molecule has 0 spiro atoms. The van der Waals surface area contributed by atoms with Crippen LogP contribution in [-0.4, -0.2) is 57.6 Å². The summed E-state index contributed by atoms with van der Waals surface area (Å²) in [5.41, 5.74) is 4.91. The number of alkyl carbamates (subject to hydrolysis) is 1. The molecule has 1 aromatic heterocycles. The second-order valence-corrected chi connectivity index (χ2v) is 12.4. The fourth-order valence-electron chi connectivity index (χ4n) is 4.90. The van der Waals surface area contributed by atoms with E-state index in [1.54, 1.807) is 11.3 Å². The first-order valence-electron chi connectivity index (χ1n) is 13.7. The lowest BCUT2D eigenvalue weighted by atomic mass is 9.85. The van der Waals surface area contributed by atoms with Crippen molar-refractivity contribution in [1.29, 1.82) is 0 Å². The highest BCUT2D eigenvalue weighted by atomic mass is 32.1. The van der Waals surface area contributed by atoms with E-state index in [0.29, 0.717) is 0 Å². The summed E-state index contributed by atoms with van der Waals surface area (Å²) in [6, 6.07) is 15.0. The number of aliphatic hydroxyl groups is 1. The third kappa shape index (κ3) is 7.51. The largest absolute Gasteiger partial charge is 0.445 e. The number of hydrogen-bond donors (Lipinski definition) is 3. The molecule has 1 aliphatic rings. The molecule has 10 heteroatoms. The molecule has 1 fully saturated rings. The predicted molar refractivity (Wildman–Crippen MR) is 158 cm³/mol. The Hall–Kier alpha value is -3.76. The molecule has 4 rings (SSSR count). The van der Waals surface area contributed by atoms with Gasteiger partial charge >= 0.3 is 6.09 Å². The number of aromatic nitrogens is 1. The number of benzene rings is 2. The monoisotopic (exact) mass is 578 g/mol. The molecule has 3 aromatic rings. The predicted octanol–water partition coefficient (Wildman–Crippen LogP) is 4.60. The van der Waals surface area contributed by atoms with Gasteiger partial charge in [-0.05, 0) is 36.0 Å². The van der Waals surface area contributed by atoms with Gasteiger partial charge in [0.25, 0.3) is 0 Å². The van der Waals surface area contributed by atoms with Crippen molar-refractivity contribution in [2.24, 2.45) is 5.41 Å². The third-order valence-electron chi connectivity index (χ3n) is 7.23. The first-order valence-corrected chi connectivity index (χ1v) is 14.6. The van der Waals surface area contributed by atoms with Crippen molar-refractivity contribution in [3.63, 3.8) is 0 Å². The fourth-order valence-corrected chi connectivity index (χ4v) is 5.71. The second-order valence-electron chi connectivity index (χ2n) is 11.5. The van der Waals surface area contributed by atoms with Crippen LogP contribution in [0.1, 0.15) is 57.0 Å². The molecule has 9 nitrogen and oxygen atoms in total. The Morgan fingerprint density at radius 1 is 1.10 bits per heavy atom. The lowest BCUT2D eigenvalue weighted by molar-refractivity contribution is -0.142. The minimum atomic E-state index is -0.966. The van der Waals surface area contributed by atoms with Crippen LogP contribution in [-0.2, 0) is 20.9 Å². The molecule has 3 N–H and O–H groups in total. The van der Waals surface area contributed by atoms with Crippen LogP contribution in [0.15, 0.2) is 60.1 Å². The minimum Gasteiger partial charge on any atom is -0.445 e. The van der Waals surface area contributed by atoms with Crippen LogP contribution in [0.2, 0.25) is 0 Å². The molecular weight excluding hydrogens is 540 g/mol. The molecule has 41 heavy (non-hydrogen) atoms. The number of rotatable bonds is 8. The number of carbonyl (C=O) groups excluding carboxylic acids is 3. The standard InChI is InChI=1S/C31H38N4O5S/c1-19(22-11-13-23(14-12-22)26-20(2)32-18-41-26)33-28(37)25-15-24(36)16-35(25)29(38)27(31(3,4)5)34-30(39)40-17-21-9-7-6-8-10-21/h6-14,18-19,24-25,27,36H,15-17H2,1-5H3,(H,33,37)(H,34,39)/t19?,24-,25+,27-/m1/s1. The number of hydrogen-bond acceptors (Lipinski definition) is 7. The van der Waals surface area contributed by atoms with Crippen LogP contribution < -0.4 is 10.6 Å². The molecule has 0 radical (unpaired) electrons. The van der Waals surface area contributed by atoms with Crippen LogP contribution >= 0.6 is 11.3 Å². The van der Waals surface area contributed by atoms with E-state index in [4.69, 9.17) is 4.74 Å². The van der Waals surface area contributed by atoms with Crippen molar-refractivity contribution >= 4 is 29.2 Å². The average molecular weight is 579 g/mol. The van der Waals surface area contributed by atoms with Gasteiger partial charge in [0.1, 0.15) is 18.7 Å². The maximum atomic E-state index is 13.8. The van der Waals surface area contributed by atoms with E-state index >= 15 is 0 Å². The molecule has 2 aromatic carbocycles. The first-order chi connectivity index (χ1) is 19.4. The van der Waals surface area contributed by atoms with Crippen molar-refractivity contribution in [2.45, 2.75) is 71.9 Å². The smallest absolute Gasteiger partial charge is 0.408 e. The summed E-state index contributed by atoms with van der Waals surface area (Å²) in [4.78, 5) is 46.6. The average Bonchev–Trinajstić information content (AvgIpc) is 3.55. The van der Waals surface area contributed by atoms with Gasteiger partial charge < -0.3 is 25.4 Å². The van der Waals surface area contributed by atoms with Gasteiger partial charge in [-0.3, -0.25) is 9.59 Å². The molecule has 1 saturated heterocycles. The van der Waals surface area contributed by atoms with Gasteiger partial charge in [-0.2, -0.15) is 0 Å². The molecule has 0 saturated carbocycles. The van der Waals surface area contributed by atoms with Gasteiger partial charge in [-0.15, -0.1) is 11.3 Å². The highest BCUT2D eigenvalue weighted by molar-refractivity contribution is 7.13. The van der Waals surface area contributed by atoms with E-state index in [1.165, 1.54) is 4.90 Å². The van der Waals surface area contributed by atoms with Gasteiger partial charge in [-0.1, -0.05) is 75.4 Å². The maximum absolute atomic E-state index is 13.8. The summed E-state index contributed by atoms with van der Waals surface area (Å²) in [5, 5.41) is 16.1. The van der Waals surface area contributed by atoms with Crippen molar-refractivity contribution in [3.8, 4) is 10.4 Å². The molecule has 2 heterocycles. The lowest BCUT2D eigenvalue weighted by Gasteiger charge is -2.35. The Balaban J connectivity index is 1.42. The number of aryl methyl sites for hydroxylation is 1. The summed E-state index contributed by atoms with van der Waals surface area (Å²) in [7, 11) is 0. The number of thiazole rings is 1. The van der Waals surface area contributed by atoms with Gasteiger partial charge in [0.15, 0.2) is 0 Å². The van der Waals surface area contributed by atoms with Crippen molar-refractivity contribution in [1.82, 2.24) is 20.5 Å². The molecule has 0 bridgehead atoms. The normalized spacial score (nSPS) is 18.4. The van der Waals surface area contributed by atoms with Crippen molar-refractivity contribution in [3.05, 3.63) is 76.9 Å². The van der Waals surface area contributed by atoms with E-state index in [-0.39, 0.29) is 31.5 Å². The van der Waals surface area contributed by atoms with Crippen molar-refractivity contribution < 1.29 is 24.2 Å². The van der Waals surface area contributed by atoms with E-state index in [9.17, 15) is 19.5 Å². The molecule has 3 amide bonds. The zero-order valence-corrected chi connectivity index (χ0v) is 24.9. The highest BCUT2D eigenvalue weighted by Gasteiger charge is 2.44. The van der Waals surface area contributed by atoms with E-state index in [0.717, 1.165) is 27.3 Å². The maximum Gasteiger partial charge on any atom is 0.408 e. The Morgan fingerprint density at radius 3 is 2.39 bits per heavy atom. The molecule has 1 aliphatic heterocycles. The highest BCUT2D eigenvalue weighted by Crippen LogP contribution is 2.29. The van der Waals surface area contributed by atoms with Crippen LogP contribution in [0.25, 0.3) is 10.4 Å². The van der Waals surface area contributed by atoms with E-state index in [2.05, 4.69) is 15.6 Å². The topological polar surface area (TPSA) is 121 Å². The third-order valence-corrected chi connectivity index (χ3v) is 8.21. The van der Waals surface area contributed by atoms with Crippen LogP contribution in [0.3, 0.4) is 0 Å². The second kappa shape index (κ2) is 12.8. The van der Waals surface area contributed by atoms with E-state index in [1.807, 2.05) is 94.7 Å². The number of β-amino-alcohol motifs (C(OH)–C–C–N with tert-alkyl or cyclic N) is 1. The zero-order valence-electron chi connectivity index (χ0n) is 24.1. The minimum absolute atomic E-state index is 0.00151. The Morgan fingerprint density at radius 2 is 1.78 bits per heavy atom.